The Hall–Kier alpha value is -1.88. The second-order valence-electron chi connectivity index (χ2n) is 5.22. The van der Waals surface area contributed by atoms with Crippen molar-refractivity contribution in [3.63, 3.8) is 0 Å². The number of carbonyl (C=O) groups is 2. The van der Waals surface area contributed by atoms with Crippen LogP contribution < -0.4 is 5.32 Å². The van der Waals surface area contributed by atoms with Gasteiger partial charge in [0.1, 0.15) is 0 Å². The van der Waals surface area contributed by atoms with Crippen LogP contribution in [0.1, 0.15) is 32.3 Å². The number of carboxylic acid groups (broad SMARTS) is 1. The summed E-state index contributed by atoms with van der Waals surface area (Å²) in [7, 11) is 1.66. The molecule has 2 rings (SSSR count). The third-order valence-electron chi connectivity index (χ3n) is 3.41. The van der Waals surface area contributed by atoms with E-state index in [2.05, 4.69) is 22.8 Å². The molecule has 2 N–H and O–H groups in total. The van der Waals surface area contributed by atoms with E-state index in [1.54, 1.807) is 18.4 Å². The average Bonchev–Trinajstić information content (AvgIpc) is 2.90. The van der Waals surface area contributed by atoms with E-state index >= 15 is 0 Å². The first kappa shape index (κ1) is 18.2. The number of rotatable bonds is 5. The van der Waals surface area contributed by atoms with Crippen molar-refractivity contribution in [3.05, 3.63) is 35.2 Å². The van der Waals surface area contributed by atoms with E-state index in [1.807, 2.05) is 26.0 Å². The van der Waals surface area contributed by atoms with Crippen molar-refractivity contribution < 1.29 is 14.7 Å². The molecule has 1 atom stereocenters. The van der Waals surface area contributed by atoms with Crippen molar-refractivity contribution in [2.75, 3.05) is 7.05 Å². The number of carboxylic acids is 1. The maximum absolute atomic E-state index is 11.2. The van der Waals surface area contributed by atoms with Crippen LogP contribution in [0.25, 0.3) is 10.1 Å². The molecule has 0 aliphatic carbocycles. The Morgan fingerprint density at radius 2 is 2.00 bits per heavy atom. The van der Waals surface area contributed by atoms with Crippen LogP contribution in [0.15, 0.2) is 29.6 Å². The number of benzene rings is 1. The Morgan fingerprint density at radius 1 is 1.32 bits per heavy atom. The zero-order valence-electron chi connectivity index (χ0n) is 13.3. The molecule has 1 heterocycles. The van der Waals surface area contributed by atoms with Gasteiger partial charge in [-0.15, -0.1) is 11.3 Å². The molecule has 0 saturated carbocycles. The molecule has 22 heavy (non-hydrogen) atoms. The minimum absolute atomic E-state index is 0.0635. The summed E-state index contributed by atoms with van der Waals surface area (Å²) in [4.78, 5) is 21.2. The van der Waals surface area contributed by atoms with E-state index in [-0.39, 0.29) is 5.91 Å². The molecule has 1 amide bonds. The predicted octanol–water partition coefficient (Wildman–Crippen LogP) is 3.70. The summed E-state index contributed by atoms with van der Waals surface area (Å²) in [5.74, 6) is -0.305. The number of thiophene rings is 1. The van der Waals surface area contributed by atoms with E-state index in [0.29, 0.717) is 18.8 Å². The average molecular weight is 321 g/mol. The molecule has 1 aromatic heterocycles. The van der Waals surface area contributed by atoms with Gasteiger partial charge in [0.05, 0.1) is 6.42 Å². The van der Waals surface area contributed by atoms with E-state index < -0.39 is 5.97 Å². The van der Waals surface area contributed by atoms with Crippen molar-refractivity contribution >= 4 is 33.3 Å². The maximum Gasteiger partial charge on any atom is 0.303 e. The number of hydrogen-bond donors (Lipinski definition) is 2. The Balaban J connectivity index is 0.000000261. The van der Waals surface area contributed by atoms with Gasteiger partial charge in [0, 0.05) is 18.2 Å². The van der Waals surface area contributed by atoms with Gasteiger partial charge >= 0.3 is 5.97 Å². The second kappa shape index (κ2) is 9.20. The van der Waals surface area contributed by atoms with Gasteiger partial charge in [0.15, 0.2) is 0 Å². The molecule has 0 fully saturated rings. The molecular weight excluding hydrogens is 298 g/mol. The normalized spacial score (nSPS) is 11.4. The van der Waals surface area contributed by atoms with Crippen molar-refractivity contribution in [3.8, 4) is 0 Å². The number of likely N-dealkylation sites (N-methyl/N-ethyl adjacent to an activating group) is 1. The van der Waals surface area contributed by atoms with Crippen LogP contribution in [-0.2, 0) is 16.0 Å². The summed E-state index contributed by atoms with van der Waals surface area (Å²) in [5.41, 5.74) is 1.12. The minimum atomic E-state index is -0.695. The van der Waals surface area contributed by atoms with E-state index in [9.17, 15) is 9.59 Å². The van der Waals surface area contributed by atoms with Crippen LogP contribution in [0.3, 0.4) is 0 Å². The van der Waals surface area contributed by atoms with Crippen molar-refractivity contribution in [2.45, 2.75) is 33.1 Å². The lowest BCUT2D eigenvalue weighted by Gasteiger charge is -2.00. The number of fused-ring (bicyclic) bond motifs is 1. The van der Waals surface area contributed by atoms with Gasteiger partial charge in [-0.3, -0.25) is 9.59 Å². The lowest BCUT2D eigenvalue weighted by molar-refractivity contribution is -0.138. The van der Waals surface area contributed by atoms with Gasteiger partial charge in [-0.2, -0.15) is 0 Å². The predicted molar refractivity (Wildman–Crippen MR) is 91.3 cm³/mol. The lowest BCUT2D eigenvalue weighted by Crippen LogP contribution is -2.19. The fourth-order valence-electron chi connectivity index (χ4n) is 1.87. The molecule has 4 nitrogen and oxygen atoms in total. The molecule has 0 bridgehead atoms. The Labute approximate surface area is 135 Å². The van der Waals surface area contributed by atoms with Crippen molar-refractivity contribution in [1.29, 1.82) is 0 Å². The monoisotopic (exact) mass is 321 g/mol. The third kappa shape index (κ3) is 5.85. The summed E-state index contributed by atoms with van der Waals surface area (Å²) in [5, 5.41) is 14.1. The zero-order chi connectivity index (χ0) is 16.5. The van der Waals surface area contributed by atoms with Crippen molar-refractivity contribution in [1.82, 2.24) is 5.32 Å². The second-order valence-corrected chi connectivity index (χ2v) is 6.13. The molecule has 0 aliphatic rings. The molecule has 1 aromatic carbocycles. The molecule has 120 valence electrons. The highest BCUT2D eigenvalue weighted by molar-refractivity contribution is 7.17. The largest absolute Gasteiger partial charge is 0.481 e. The first-order valence-corrected chi connectivity index (χ1v) is 8.23. The number of carbonyl (C=O) groups excluding carboxylic acids is 1. The smallest absolute Gasteiger partial charge is 0.303 e. The fourth-order valence-corrected chi connectivity index (χ4v) is 2.84. The lowest BCUT2D eigenvalue weighted by atomic mass is 10.1. The molecule has 1 unspecified atom stereocenters. The SMILES string of the molecule is CCC(C)CC(=O)O.CNC(=O)Cc1csc2ccccc12. The van der Waals surface area contributed by atoms with E-state index in [0.717, 1.165) is 12.0 Å². The molecule has 0 radical (unpaired) electrons. The van der Waals surface area contributed by atoms with E-state index in [4.69, 9.17) is 5.11 Å². The highest BCUT2D eigenvalue weighted by Crippen LogP contribution is 2.25. The molecule has 0 spiro atoms. The summed E-state index contributed by atoms with van der Waals surface area (Å²) in [6.07, 6.45) is 1.73. The first-order valence-electron chi connectivity index (χ1n) is 7.35. The van der Waals surface area contributed by atoms with Crippen LogP contribution >= 0.6 is 11.3 Å². The van der Waals surface area contributed by atoms with Gasteiger partial charge in [-0.25, -0.2) is 0 Å². The van der Waals surface area contributed by atoms with Crippen LogP contribution in [0.4, 0.5) is 0 Å². The molecule has 0 saturated heterocycles. The standard InChI is InChI=1S/C11H11NOS.C6H12O2/c1-12-11(13)6-8-7-14-10-5-3-2-4-9(8)10;1-3-5(2)4-6(7)8/h2-5,7H,6H2,1H3,(H,12,13);5H,3-4H2,1-2H3,(H,7,8). The van der Waals surface area contributed by atoms with Gasteiger partial charge in [0.25, 0.3) is 0 Å². The fraction of sp³-hybridized carbons (Fsp3) is 0.412. The highest BCUT2D eigenvalue weighted by Gasteiger charge is 2.06. The van der Waals surface area contributed by atoms with Gasteiger partial charge < -0.3 is 10.4 Å². The summed E-state index contributed by atoms with van der Waals surface area (Å²) in [6, 6.07) is 8.16. The minimum Gasteiger partial charge on any atom is -0.481 e. The van der Waals surface area contributed by atoms with Gasteiger partial charge in [-0.05, 0) is 28.3 Å². The third-order valence-corrected chi connectivity index (χ3v) is 4.42. The van der Waals surface area contributed by atoms with Crippen LogP contribution in [0.5, 0.6) is 0 Å². The zero-order valence-corrected chi connectivity index (χ0v) is 14.1. The number of nitrogens with one attached hydrogen (secondary N) is 1. The molecule has 5 heteroatoms. The maximum atomic E-state index is 11.2. The number of aliphatic carboxylic acids is 1. The quantitative estimate of drug-likeness (QED) is 0.882. The number of hydrogen-bond acceptors (Lipinski definition) is 3. The summed E-state index contributed by atoms with van der Waals surface area (Å²) < 4.78 is 1.24. The Morgan fingerprint density at radius 3 is 2.55 bits per heavy atom. The van der Waals surface area contributed by atoms with Crippen LogP contribution in [0, 0.1) is 5.92 Å². The number of amides is 1. The van der Waals surface area contributed by atoms with Crippen LogP contribution in [-0.4, -0.2) is 24.0 Å². The topological polar surface area (TPSA) is 66.4 Å². The van der Waals surface area contributed by atoms with Gasteiger partial charge in [0.2, 0.25) is 5.91 Å². The van der Waals surface area contributed by atoms with Crippen molar-refractivity contribution in [2.24, 2.45) is 5.92 Å². The van der Waals surface area contributed by atoms with Crippen LogP contribution in [0.2, 0.25) is 0 Å². The highest BCUT2D eigenvalue weighted by atomic mass is 32.1. The molecule has 2 aromatic rings. The Bertz CT molecular complexity index is 621. The summed E-state index contributed by atoms with van der Waals surface area (Å²) in [6.45, 7) is 3.93. The molecule has 0 aliphatic heterocycles. The van der Waals surface area contributed by atoms with Gasteiger partial charge in [-0.1, -0.05) is 38.5 Å². The van der Waals surface area contributed by atoms with E-state index in [1.165, 1.54) is 10.1 Å². The molecular formula is C17H23NO3S. The Kier molecular flexibility index (Phi) is 7.60. The first-order chi connectivity index (χ1) is 10.5. The summed E-state index contributed by atoms with van der Waals surface area (Å²) >= 11 is 1.69.